The summed E-state index contributed by atoms with van der Waals surface area (Å²) in [5.41, 5.74) is 2.42. The summed E-state index contributed by atoms with van der Waals surface area (Å²) in [5.74, 6) is 0.184. The molecule has 0 aromatic heterocycles. The van der Waals surface area contributed by atoms with E-state index < -0.39 is 0 Å². The second kappa shape index (κ2) is 7.17. The summed E-state index contributed by atoms with van der Waals surface area (Å²) >= 11 is 0. The van der Waals surface area contributed by atoms with Gasteiger partial charge in [-0.15, -0.1) is 0 Å². The molecule has 0 fully saturated rings. The summed E-state index contributed by atoms with van der Waals surface area (Å²) in [5, 5.41) is 3.26. The molecule has 0 heterocycles. The van der Waals surface area contributed by atoms with Crippen molar-refractivity contribution in [2.75, 3.05) is 13.6 Å². The quantitative estimate of drug-likeness (QED) is 0.838. The Morgan fingerprint density at radius 1 is 1.28 bits per heavy atom. The number of carbonyl (C=O) groups excluding carboxylic acids is 1. The molecular weight excluding hydrogens is 224 g/mol. The van der Waals surface area contributed by atoms with Crippen molar-refractivity contribution < 1.29 is 4.79 Å². The third-order valence-electron chi connectivity index (χ3n) is 2.86. The highest BCUT2D eigenvalue weighted by molar-refractivity contribution is 5.76. The SMILES string of the molecule is Cc1ccc(CN(C)C(=O)CCNC(C)C)cc1. The minimum absolute atomic E-state index is 0.184. The molecule has 1 aromatic rings. The molecule has 0 radical (unpaired) electrons. The van der Waals surface area contributed by atoms with Crippen LogP contribution in [0.2, 0.25) is 0 Å². The summed E-state index contributed by atoms with van der Waals surface area (Å²) in [6.45, 7) is 7.66. The Balaban J connectivity index is 2.37. The number of benzene rings is 1. The molecule has 0 atom stereocenters. The second-order valence-corrected chi connectivity index (χ2v) is 5.09. The molecule has 3 nitrogen and oxygen atoms in total. The second-order valence-electron chi connectivity index (χ2n) is 5.09. The molecule has 3 heteroatoms. The Morgan fingerprint density at radius 3 is 2.44 bits per heavy atom. The first kappa shape index (κ1) is 14.7. The lowest BCUT2D eigenvalue weighted by molar-refractivity contribution is -0.130. The van der Waals surface area contributed by atoms with Crippen molar-refractivity contribution in [2.24, 2.45) is 0 Å². The highest BCUT2D eigenvalue weighted by Crippen LogP contribution is 2.06. The smallest absolute Gasteiger partial charge is 0.223 e. The van der Waals surface area contributed by atoms with Crippen molar-refractivity contribution in [1.82, 2.24) is 10.2 Å². The van der Waals surface area contributed by atoms with Gasteiger partial charge in [-0.3, -0.25) is 4.79 Å². The van der Waals surface area contributed by atoms with Crippen molar-refractivity contribution in [3.05, 3.63) is 35.4 Å². The number of hydrogen-bond donors (Lipinski definition) is 1. The number of rotatable bonds is 6. The molecule has 0 aliphatic carbocycles. The molecule has 1 aromatic carbocycles. The topological polar surface area (TPSA) is 32.3 Å². The largest absolute Gasteiger partial charge is 0.341 e. The zero-order valence-corrected chi connectivity index (χ0v) is 11.9. The predicted molar refractivity (Wildman–Crippen MR) is 75.4 cm³/mol. The number of carbonyl (C=O) groups is 1. The van der Waals surface area contributed by atoms with Crippen LogP contribution in [0.1, 0.15) is 31.4 Å². The summed E-state index contributed by atoms with van der Waals surface area (Å²) in [4.78, 5) is 13.7. The normalized spacial score (nSPS) is 10.7. The number of nitrogens with zero attached hydrogens (tertiary/aromatic N) is 1. The molecule has 0 aliphatic rings. The lowest BCUT2D eigenvalue weighted by Gasteiger charge is -2.18. The molecule has 0 aliphatic heterocycles. The maximum atomic E-state index is 11.9. The van der Waals surface area contributed by atoms with Gasteiger partial charge in [0.15, 0.2) is 0 Å². The van der Waals surface area contributed by atoms with E-state index in [1.54, 1.807) is 4.90 Å². The fourth-order valence-corrected chi connectivity index (χ4v) is 1.71. The third-order valence-corrected chi connectivity index (χ3v) is 2.86. The Bertz CT molecular complexity index is 371. The first-order chi connectivity index (χ1) is 8.49. The van der Waals surface area contributed by atoms with Crippen LogP contribution >= 0.6 is 0 Å². The van der Waals surface area contributed by atoms with Crippen LogP contribution in [0.5, 0.6) is 0 Å². The highest BCUT2D eigenvalue weighted by Gasteiger charge is 2.08. The van der Waals surface area contributed by atoms with E-state index in [1.807, 2.05) is 7.05 Å². The van der Waals surface area contributed by atoms with Gasteiger partial charge in [-0.2, -0.15) is 0 Å². The molecule has 1 N–H and O–H groups in total. The monoisotopic (exact) mass is 248 g/mol. The van der Waals surface area contributed by atoms with Gasteiger partial charge in [0.1, 0.15) is 0 Å². The van der Waals surface area contributed by atoms with E-state index in [1.165, 1.54) is 11.1 Å². The Labute approximate surface area is 110 Å². The van der Waals surface area contributed by atoms with Crippen molar-refractivity contribution >= 4 is 5.91 Å². The number of amides is 1. The Morgan fingerprint density at radius 2 is 1.89 bits per heavy atom. The van der Waals surface area contributed by atoms with E-state index >= 15 is 0 Å². The fraction of sp³-hybridized carbons (Fsp3) is 0.533. The lowest BCUT2D eigenvalue weighted by Crippen LogP contribution is -2.31. The van der Waals surface area contributed by atoms with Gasteiger partial charge in [0.25, 0.3) is 0 Å². The van der Waals surface area contributed by atoms with Crippen LogP contribution in [0, 0.1) is 6.92 Å². The number of aryl methyl sites for hydroxylation is 1. The van der Waals surface area contributed by atoms with Gasteiger partial charge in [0.05, 0.1) is 0 Å². The average molecular weight is 248 g/mol. The maximum Gasteiger partial charge on any atom is 0.223 e. The van der Waals surface area contributed by atoms with Crippen molar-refractivity contribution in [1.29, 1.82) is 0 Å². The van der Waals surface area contributed by atoms with Gasteiger partial charge >= 0.3 is 0 Å². The maximum absolute atomic E-state index is 11.9. The van der Waals surface area contributed by atoms with Crippen LogP contribution in [0.4, 0.5) is 0 Å². The van der Waals surface area contributed by atoms with E-state index in [2.05, 4.69) is 50.4 Å². The Hall–Kier alpha value is -1.35. The van der Waals surface area contributed by atoms with Crippen molar-refractivity contribution in [3.63, 3.8) is 0 Å². The molecule has 0 spiro atoms. The van der Waals surface area contributed by atoms with Crippen LogP contribution in [0.15, 0.2) is 24.3 Å². The Kier molecular flexibility index (Phi) is 5.86. The fourth-order valence-electron chi connectivity index (χ4n) is 1.71. The minimum atomic E-state index is 0.184. The molecule has 1 rings (SSSR count). The van der Waals surface area contributed by atoms with E-state index in [0.717, 1.165) is 6.54 Å². The van der Waals surface area contributed by atoms with Crippen LogP contribution in [-0.4, -0.2) is 30.4 Å². The summed E-state index contributed by atoms with van der Waals surface area (Å²) in [7, 11) is 1.86. The van der Waals surface area contributed by atoms with Crippen LogP contribution < -0.4 is 5.32 Å². The van der Waals surface area contributed by atoms with Gasteiger partial charge in [0, 0.05) is 32.6 Å². The van der Waals surface area contributed by atoms with E-state index in [9.17, 15) is 4.79 Å². The van der Waals surface area contributed by atoms with Crippen LogP contribution in [-0.2, 0) is 11.3 Å². The zero-order chi connectivity index (χ0) is 13.5. The molecule has 0 bridgehead atoms. The minimum Gasteiger partial charge on any atom is -0.341 e. The van der Waals surface area contributed by atoms with Gasteiger partial charge in [-0.05, 0) is 12.5 Å². The zero-order valence-electron chi connectivity index (χ0n) is 11.9. The van der Waals surface area contributed by atoms with Gasteiger partial charge in [-0.25, -0.2) is 0 Å². The first-order valence-electron chi connectivity index (χ1n) is 6.52. The van der Waals surface area contributed by atoms with E-state index in [4.69, 9.17) is 0 Å². The first-order valence-corrected chi connectivity index (χ1v) is 6.52. The summed E-state index contributed by atoms with van der Waals surface area (Å²) < 4.78 is 0. The average Bonchev–Trinajstić information content (AvgIpc) is 2.31. The molecule has 0 unspecified atom stereocenters. The number of hydrogen-bond acceptors (Lipinski definition) is 2. The standard InChI is InChI=1S/C15H24N2O/c1-12(2)16-10-9-15(18)17(4)11-14-7-5-13(3)6-8-14/h5-8,12,16H,9-11H2,1-4H3. The van der Waals surface area contributed by atoms with Crippen molar-refractivity contribution in [3.8, 4) is 0 Å². The lowest BCUT2D eigenvalue weighted by atomic mass is 10.1. The van der Waals surface area contributed by atoms with E-state index in [0.29, 0.717) is 19.0 Å². The highest BCUT2D eigenvalue weighted by atomic mass is 16.2. The van der Waals surface area contributed by atoms with Gasteiger partial charge < -0.3 is 10.2 Å². The molecule has 1 amide bonds. The van der Waals surface area contributed by atoms with Crippen LogP contribution in [0.25, 0.3) is 0 Å². The van der Waals surface area contributed by atoms with Crippen LogP contribution in [0.3, 0.4) is 0 Å². The number of nitrogens with one attached hydrogen (secondary N) is 1. The van der Waals surface area contributed by atoms with E-state index in [-0.39, 0.29) is 5.91 Å². The summed E-state index contributed by atoms with van der Waals surface area (Å²) in [6.07, 6.45) is 0.556. The molecule has 0 saturated heterocycles. The molecular formula is C15H24N2O. The third kappa shape index (κ3) is 5.32. The molecule has 100 valence electrons. The molecule has 0 saturated carbocycles. The summed E-state index contributed by atoms with van der Waals surface area (Å²) in [6, 6.07) is 8.74. The van der Waals surface area contributed by atoms with Crippen molar-refractivity contribution in [2.45, 2.75) is 39.8 Å². The molecule has 18 heavy (non-hydrogen) atoms. The van der Waals surface area contributed by atoms with Gasteiger partial charge in [-0.1, -0.05) is 43.7 Å². The predicted octanol–water partition coefficient (Wildman–Crippen LogP) is 2.34. The van der Waals surface area contributed by atoms with Gasteiger partial charge in [0.2, 0.25) is 5.91 Å².